The number of rotatable bonds is 7. The van der Waals surface area contributed by atoms with Gasteiger partial charge in [0, 0.05) is 18.1 Å². The Morgan fingerprint density at radius 2 is 2.10 bits per heavy atom. The summed E-state index contributed by atoms with van der Waals surface area (Å²) in [5.74, 6) is 0.333. The summed E-state index contributed by atoms with van der Waals surface area (Å²) in [5.41, 5.74) is 0. The Labute approximate surface area is 128 Å². The summed E-state index contributed by atoms with van der Waals surface area (Å²) in [6, 6.07) is 4.89. The van der Waals surface area contributed by atoms with Gasteiger partial charge in [-0.1, -0.05) is 15.9 Å². The average molecular weight is 366 g/mol. The number of nitrogens with zero attached hydrogens (tertiary/aromatic N) is 1. The molecular weight excluding hydrogens is 346 g/mol. The Bertz CT molecular complexity index is 545. The zero-order valence-electron chi connectivity index (χ0n) is 11.8. The van der Waals surface area contributed by atoms with Crippen LogP contribution in [0.3, 0.4) is 0 Å². The van der Waals surface area contributed by atoms with Crippen LogP contribution >= 0.6 is 15.9 Å². The lowest BCUT2D eigenvalue weighted by molar-refractivity contribution is 0.177. The number of aliphatic hydroxyl groups is 1. The smallest absolute Gasteiger partial charge is 0.246 e. The molecule has 0 bridgehead atoms. The van der Waals surface area contributed by atoms with Gasteiger partial charge >= 0.3 is 0 Å². The molecule has 0 saturated carbocycles. The van der Waals surface area contributed by atoms with Crippen LogP contribution in [-0.2, 0) is 10.0 Å². The van der Waals surface area contributed by atoms with Gasteiger partial charge in [-0.05, 0) is 38.5 Å². The molecule has 20 heavy (non-hydrogen) atoms. The van der Waals surface area contributed by atoms with E-state index in [4.69, 9.17) is 4.74 Å². The van der Waals surface area contributed by atoms with Crippen LogP contribution < -0.4 is 4.74 Å². The fourth-order valence-corrected chi connectivity index (χ4v) is 3.47. The maximum Gasteiger partial charge on any atom is 0.246 e. The maximum atomic E-state index is 12.5. The Hall–Kier alpha value is -0.630. The molecule has 1 rings (SSSR count). The lowest BCUT2D eigenvalue weighted by atomic mass is 10.3. The van der Waals surface area contributed by atoms with Crippen LogP contribution in [0.2, 0.25) is 0 Å². The van der Waals surface area contributed by atoms with E-state index in [0.29, 0.717) is 23.2 Å². The molecule has 1 N–H and O–H groups in total. The monoisotopic (exact) mass is 365 g/mol. The van der Waals surface area contributed by atoms with Crippen LogP contribution in [0.5, 0.6) is 5.75 Å². The number of halogens is 1. The van der Waals surface area contributed by atoms with Crippen LogP contribution in [0.1, 0.15) is 20.3 Å². The third kappa shape index (κ3) is 4.44. The van der Waals surface area contributed by atoms with E-state index in [0.717, 1.165) is 0 Å². The van der Waals surface area contributed by atoms with Gasteiger partial charge in [-0.15, -0.1) is 0 Å². The summed E-state index contributed by atoms with van der Waals surface area (Å²) >= 11 is 3.27. The van der Waals surface area contributed by atoms with Gasteiger partial charge in [0.1, 0.15) is 10.6 Å². The van der Waals surface area contributed by atoms with Crippen LogP contribution in [0.25, 0.3) is 0 Å². The second-order valence-electron chi connectivity index (χ2n) is 4.49. The minimum Gasteiger partial charge on any atom is -0.492 e. The maximum absolute atomic E-state index is 12.5. The summed E-state index contributed by atoms with van der Waals surface area (Å²) < 4.78 is 32.3. The van der Waals surface area contributed by atoms with Crippen LogP contribution in [0.15, 0.2) is 27.6 Å². The van der Waals surface area contributed by atoms with Crippen LogP contribution in [0, 0.1) is 0 Å². The van der Waals surface area contributed by atoms with Gasteiger partial charge in [-0.2, -0.15) is 0 Å². The third-order valence-electron chi connectivity index (χ3n) is 2.76. The first-order valence-electron chi connectivity index (χ1n) is 6.35. The summed E-state index contributed by atoms with van der Waals surface area (Å²) in [6.45, 7) is 4.07. The van der Waals surface area contributed by atoms with Gasteiger partial charge in [-0.25, -0.2) is 12.7 Å². The van der Waals surface area contributed by atoms with Crippen molar-refractivity contribution in [2.45, 2.75) is 31.3 Å². The van der Waals surface area contributed by atoms with Crippen molar-refractivity contribution in [3.8, 4) is 5.75 Å². The van der Waals surface area contributed by atoms with Crippen molar-refractivity contribution in [2.75, 3.05) is 20.2 Å². The van der Waals surface area contributed by atoms with Crippen LogP contribution in [-0.4, -0.2) is 44.1 Å². The highest BCUT2D eigenvalue weighted by Crippen LogP contribution is 2.29. The van der Waals surface area contributed by atoms with Crippen molar-refractivity contribution in [1.29, 1.82) is 0 Å². The number of hydrogen-bond donors (Lipinski definition) is 1. The van der Waals surface area contributed by atoms with E-state index in [1.807, 2.05) is 0 Å². The van der Waals surface area contributed by atoms with Crippen molar-refractivity contribution < 1.29 is 18.3 Å². The quantitative estimate of drug-likeness (QED) is 0.804. The Morgan fingerprint density at radius 1 is 1.45 bits per heavy atom. The summed E-state index contributed by atoms with van der Waals surface area (Å²) in [4.78, 5) is 0.127. The van der Waals surface area contributed by atoms with Gasteiger partial charge < -0.3 is 9.84 Å². The molecule has 1 atom stereocenters. The lowest BCUT2D eigenvalue weighted by Gasteiger charge is -2.20. The second kappa shape index (κ2) is 7.40. The van der Waals surface area contributed by atoms with E-state index >= 15 is 0 Å². The van der Waals surface area contributed by atoms with E-state index in [9.17, 15) is 13.5 Å². The Morgan fingerprint density at radius 3 is 2.65 bits per heavy atom. The van der Waals surface area contributed by atoms with Gasteiger partial charge in [0.15, 0.2) is 0 Å². The van der Waals surface area contributed by atoms with Crippen molar-refractivity contribution in [3.63, 3.8) is 0 Å². The number of sulfonamides is 1. The van der Waals surface area contributed by atoms with E-state index in [2.05, 4.69) is 15.9 Å². The second-order valence-corrected chi connectivity index (χ2v) is 7.42. The fourth-order valence-electron chi connectivity index (χ4n) is 1.61. The molecule has 7 heteroatoms. The highest BCUT2D eigenvalue weighted by Gasteiger charge is 2.25. The van der Waals surface area contributed by atoms with Crippen molar-refractivity contribution in [3.05, 3.63) is 22.7 Å². The van der Waals surface area contributed by atoms with Gasteiger partial charge in [0.2, 0.25) is 10.0 Å². The minimum absolute atomic E-state index is 0.127. The molecule has 0 aliphatic rings. The topological polar surface area (TPSA) is 66.8 Å². The zero-order chi connectivity index (χ0) is 15.3. The Balaban J connectivity index is 3.10. The van der Waals surface area contributed by atoms with E-state index in [1.165, 1.54) is 17.4 Å². The number of hydrogen-bond acceptors (Lipinski definition) is 4. The number of ether oxygens (including phenoxy) is 1. The van der Waals surface area contributed by atoms with Crippen molar-refractivity contribution >= 4 is 26.0 Å². The molecule has 1 aromatic carbocycles. The molecule has 0 radical (unpaired) electrons. The van der Waals surface area contributed by atoms with Gasteiger partial charge in [-0.3, -0.25) is 0 Å². The molecule has 0 aliphatic heterocycles. The summed E-state index contributed by atoms with van der Waals surface area (Å²) in [5, 5.41) is 9.27. The first kappa shape index (κ1) is 17.4. The van der Waals surface area contributed by atoms with Crippen LogP contribution in [0.4, 0.5) is 0 Å². The summed E-state index contributed by atoms with van der Waals surface area (Å²) in [6.07, 6.45) is -0.158. The van der Waals surface area contributed by atoms with E-state index < -0.39 is 16.1 Å². The lowest BCUT2D eigenvalue weighted by Crippen LogP contribution is -2.30. The molecule has 5 nitrogen and oxygen atoms in total. The molecule has 0 fully saturated rings. The van der Waals surface area contributed by atoms with Gasteiger partial charge in [0.25, 0.3) is 0 Å². The first-order valence-corrected chi connectivity index (χ1v) is 8.59. The molecule has 0 amide bonds. The SMILES string of the molecule is CCOc1ccc(Br)cc1S(=O)(=O)N(C)CCC(C)O. The Kier molecular flexibility index (Phi) is 6.44. The molecular formula is C13H20BrNO4S. The van der Waals surface area contributed by atoms with E-state index in [1.54, 1.807) is 26.0 Å². The number of benzene rings is 1. The van der Waals surface area contributed by atoms with Crippen molar-refractivity contribution in [2.24, 2.45) is 0 Å². The molecule has 0 aromatic heterocycles. The third-order valence-corrected chi connectivity index (χ3v) is 5.13. The zero-order valence-corrected chi connectivity index (χ0v) is 14.2. The molecule has 0 spiro atoms. The fraction of sp³-hybridized carbons (Fsp3) is 0.538. The summed E-state index contributed by atoms with van der Waals surface area (Å²) in [7, 11) is -2.15. The minimum atomic E-state index is -3.64. The highest BCUT2D eigenvalue weighted by atomic mass is 79.9. The predicted molar refractivity (Wildman–Crippen MR) is 81.4 cm³/mol. The molecule has 114 valence electrons. The molecule has 0 aliphatic carbocycles. The predicted octanol–water partition coefficient (Wildman–Crippen LogP) is 2.24. The molecule has 1 aromatic rings. The molecule has 0 saturated heterocycles. The van der Waals surface area contributed by atoms with E-state index in [-0.39, 0.29) is 11.4 Å². The standard InChI is InChI=1S/C13H20BrNO4S/c1-4-19-12-6-5-11(14)9-13(12)20(17,18)15(3)8-7-10(2)16/h5-6,9-10,16H,4,7-8H2,1-3H3. The number of aliphatic hydroxyl groups excluding tert-OH is 1. The molecule has 0 heterocycles. The average Bonchev–Trinajstić information content (AvgIpc) is 2.38. The largest absolute Gasteiger partial charge is 0.492 e. The van der Waals surface area contributed by atoms with Crippen molar-refractivity contribution in [1.82, 2.24) is 4.31 Å². The van der Waals surface area contributed by atoms with Gasteiger partial charge in [0.05, 0.1) is 12.7 Å². The normalized spacial score (nSPS) is 13.5. The molecule has 1 unspecified atom stereocenters. The first-order chi connectivity index (χ1) is 9.28. The highest BCUT2D eigenvalue weighted by molar-refractivity contribution is 9.10.